The highest BCUT2D eigenvalue weighted by molar-refractivity contribution is 5.69. The van der Waals surface area contributed by atoms with E-state index in [0.29, 0.717) is 19.3 Å². The van der Waals surface area contributed by atoms with Crippen LogP contribution in [0.5, 0.6) is 0 Å². The van der Waals surface area contributed by atoms with E-state index < -0.39 is 5.41 Å². The summed E-state index contributed by atoms with van der Waals surface area (Å²) in [6.07, 6.45) is 6.57. The van der Waals surface area contributed by atoms with Gasteiger partial charge in [0, 0.05) is 24.8 Å². The summed E-state index contributed by atoms with van der Waals surface area (Å²) < 4.78 is 4.99. The molecule has 0 saturated heterocycles. The molecular weight excluding hydrogens is 194 g/mol. The third-order valence-electron chi connectivity index (χ3n) is 2.16. The lowest BCUT2D eigenvalue weighted by molar-refractivity contribution is -0.147. The highest BCUT2D eigenvalue weighted by atomic mass is 16.5. The Kier molecular flexibility index (Phi) is 6.76. The van der Waals surface area contributed by atoms with E-state index in [-0.39, 0.29) is 25.7 Å². The Bertz CT molecular complexity index is 228. The van der Waals surface area contributed by atoms with Gasteiger partial charge in [0.25, 0.3) is 0 Å². The molecule has 0 spiro atoms. The molecule has 0 heterocycles. The maximum absolute atomic E-state index is 11.2. The summed E-state index contributed by atoms with van der Waals surface area (Å²) >= 11 is 0. The molecule has 0 aliphatic carbocycles. The zero-order valence-corrected chi connectivity index (χ0v) is 9.16. The molecular formula is C11H19NO3. The van der Waals surface area contributed by atoms with E-state index >= 15 is 0 Å². The molecule has 0 saturated carbocycles. The monoisotopic (exact) mass is 213 g/mol. The van der Waals surface area contributed by atoms with Gasteiger partial charge < -0.3 is 15.6 Å². The van der Waals surface area contributed by atoms with Gasteiger partial charge in [-0.3, -0.25) is 4.79 Å². The van der Waals surface area contributed by atoms with Gasteiger partial charge in [-0.2, -0.15) is 0 Å². The number of rotatable bonds is 7. The molecule has 0 aromatic heterocycles. The van der Waals surface area contributed by atoms with Crippen molar-refractivity contribution < 1.29 is 14.6 Å². The lowest BCUT2D eigenvalue weighted by atomic mass is 9.93. The van der Waals surface area contributed by atoms with Crippen LogP contribution in [0.2, 0.25) is 0 Å². The van der Waals surface area contributed by atoms with Crippen LogP contribution in [0.1, 0.15) is 26.2 Å². The van der Waals surface area contributed by atoms with E-state index in [1.54, 1.807) is 6.92 Å². The second-order valence-corrected chi connectivity index (χ2v) is 3.89. The Morgan fingerprint density at radius 1 is 1.67 bits per heavy atom. The zero-order valence-electron chi connectivity index (χ0n) is 9.16. The molecule has 0 amide bonds. The van der Waals surface area contributed by atoms with Crippen molar-refractivity contribution in [2.24, 2.45) is 11.1 Å². The van der Waals surface area contributed by atoms with Crippen LogP contribution in [0.25, 0.3) is 0 Å². The van der Waals surface area contributed by atoms with E-state index in [1.807, 2.05) is 0 Å². The predicted molar refractivity (Wildman–Crippen MR) is 57.9 cm³/mol. The average Bonchev–Trinajstić information content (AvgIpc) is 2.26. The number of carbonyl (C=O) groups is 1. The number of unbranched alkanes of at least 4 members (excludes halogenated alkanes) is 1. The van der Waals surface area contributed by atoms with E-state index in [4.69, 9.17) is 22.0 Å². The highest BCUT2D eigenvalue weighted by Crippen LogP contribution is 2.13. The molecule has 0 rings (SSSR count). The summed E-state index contributed by atoms with van der Waals surface area (Å²) in [5.41, 5.74) is 4.91. The minimum Gasteiger partial charge on any atom is -0.465 e. The number of aliphatic hydroxyl groups is 1. The van der Waals surface area contributed by atoms with Crippen LogP contribution in [-0.4, -0.2) is 30.8 Å². The molecule has 3 N–H and O–H groups in total. The fourth-order valence-corrected chi connectivity index (χ4v) is 0.831. The van der Waals surface area contributed by atoms with E-state index in [2.05, 4.69) is 5.92 Å². The molecule has 1 unspecified atom stereocenters. The predicted octanol–water partition coefficient (Wildman–Crippen LogP) is 0.290. The van der Waals surface area contributed by atoms with Crippen molar-refractivity contribution in [3.8, 4) is 12.3 Å². The minimum absolute atomic E-state index is 0.0961. The maximum atomic E-state index is 11.2. The molecule has 0 aliphatic heterocycles. The number of hydrogen-bond donors (Lipinski definition) is 2. The van der Waals surface area contributed by atoms with Crippen LogP contribution in [0.3, 0.4) is 0 Å². The number of terminal acetylenes is 1. The standard InChI is InChI=1S/C11H19NO3/c1-3-4-5-6-10(14)15-9-11(2,7-12)8-13/h1,13H,4-9,12H2,2H3. The van der Waals surface area contributed by atoms with Gasteiger partial charge in [-0.15, -0.1) is 12.3 Å². The van der Waals surface area contributed by atoms with Crippen LogP contribution >= 0.6 is 0 Å². The molecule has 1 atom stereocenters. The van der Waals surface area contributed by atoms with Gasteiger partial charge in [0.2, 0.25) is 0 Å². The smallest absolute Gasteiger partial charge is 0.305 e. The van der Waals surface area contributed by atoms with Gasteiger partial charge in [-0.05, 0) is 6.42 Å². The molecule has 0 bridgehead atoms. The quantitative estimate of drug-likeness (QED) is 0.362. The number of esters is 1. The Labute approximate surface area is 90.8 Å². The van der Waals surface area contributed by atoms with Gasteiger partial charge in [0.1, 0.15) is 6.61 Å². The molecule has 0 aliphatic rings. The Morgan fingerprint density at radius 2 is 2.33 bits per heavy atom. The van der Waals surface area contributed by atoms with Crippen LogP contribution in [-0.2, 0) is 9.53 Å². The van der Waals surface area contributed by atoms with Gasteiger partial charge >= 0.3 is 5.97 Å². The van der Waals surface area contributed by atoms with Crippen molar-refractivity contribution in [2.45, 2.75) is 26.2 Å². The number of carbonyl (C=O) groups excluding carboxylic acids is 1. The van der Waals surface area contributed by atoms with Gasteiger partial charge in [-0.25, -0.2) is 0 Å². The second-order valence-electron chi connectivity index (χ2n) is 3.89. The molecule has 0 aromatic carbocycles. The van der Waals surface area contributed by atoms with Crippen LogP contribution in [0.4, 0.5) is 0 Å². The Balaban J connectivity index is 3.75. The average molecular weight is 213 g/mol. The molecule has 15 heavy (non-hydrogen) atoms. The number of ether oxygens (including phenoxy) is 1. The lowest BCUT2D eigenvalue weighted by Crippen LogP contribution is -2.36. The normalized spacial score (nSPS) is 14.0. The fraction of sp³-hybridized carbons (Fsp3) is 0.727. The first-order valence-corrected chi connectivity index (χ1v) is 4.98. The second kappa shape index (κ2) is 7.27. The summed E-state index contributed by atoms with van der Waals surface area (Å²) in [5, 5.41) is 9.01. The third-order valence-corrected chi connectivity index (χ3v) is 2.16. The first-order valence-electron chi connectivity index (χ1n) is 4.98. The fourth-order valence-electron chi connectivity index (χ4n) is 0.831. The van der Waals surface area contributed by atoms with Crippen molar-refractivity contribution in [2.75, 3.05) is 19.8 Å². The summed E-state index contributed by atoms with van der Waals surface area (Å²) in [6, 6.07) is 0. The lowest BCUT2D eigenvalue weighted by Gasteiger charge is -2.24. The molecule has 0 fully saturated rings. The van der Waals surface area contributed by atoms with Crippen molar-refractivity contribution in [3.63, 3.8) is 0 Å². The minimum atomic E-state index is -0.540. The molecule has 4 nitrogen and oxygen atoms in total. The third kappa shape index (κ3) is 6.10. The number of aliphatic hydroxyl groups excluding tert-OH is 1. The van der Waals surface area contributed by atoms with Gasteiger partial charge in [-0.1, -0.05) is 6.92 Å². The molecule has 0 radical (unpaired) electrons. The molecule has 0 aromatic rings. The molecule has 4 heteroatoms. The van der Waals surface area contributed by atoms with Crippen molar-refractivity contribution >= 4 is 5.97 Å². The highest BCUT2D eigenvalue weighted by Gasteiger charge is 2.23. The Morgan fingerprint density at radius 3 is 2.80 bits per heavy atom. The van der Waals surface area contributed by atoms with Crippen LogP contribution in [0.15, 0.2) is 0 Å². The van der Waals surface area contributed by atoms with Crippen molar-refractivity contribution in [3.05, 3.63) is 0 Å². The first kappa shape index (κ1) is 13.9. The van der Waals surface area contributed by atoms with Crippen molar-refractivity contribution in [1.29, 1.82) is 0 Å². The van der Waals surface area contributed by atoms with Crippen molar-refractivity contribution in [1.82, 2.24) is 0 Å². The summed E-state index contributed by atoms with van der Waals surface area (Å²) in [5.74, 6) is 2.16. The van der Waals surface area contributed by atoms with E-state index in [0.717, 1.165) is 0 Å². The van der Waals surface area contributed by atoms with Gasteiger partial charge in [0.05, 0.1) is 6.61 Å². The van der Waals surface area contributed by atoms with Crippen LogP contribution < -0.4 is 5.73 Å². The van der Waals surface area contributed by atoms with Gasteiger partial charge in [0.15, 0.2) is 0 Å². The topological polar surface area (TPSA) is 72.5 Å². The summed E-state index contributed by atoms with van der Waals surface area (Å²) in [4.78, 5) is 11.2. The first-order chi connectivity index (χ1) is 7.08. The largest absolute Gasteiger partial charge is 0.465 e. The summed E-state index contributed by atoms with van der Waals surface area (Å²) in [6.45, 7) is 2.10. The number of hydrogen-bond acceptors (Lipinski definition) is 4. The molecule has 86 valence electrons. The zero-order chi connectivity index (χ0) is 11.7. The maximum Gasteiger partial charge on any atom is 0.305 e. The Hall–Kier alpha value is -1.05. The number of nitrogens with two attached hydrogens (primary N) is 1. The SMILES string of the molecule is C#CCCCC(=O)OCC(C)(CN)CO. The summed E-state index contributed by atoms with van der Waals surface area (Å²) in [7, 11) is 0. The van der Waals surface area contributed by atoms with E-state index in [1.165, 1.54) is 0 Å². The van der Waals surface area contributed by atoms with E-state index in [9.17, 15) is 4.79 Å². The van der Waals surface area contributed by atoms with Crippen LogP contribution in [0, 0.1) is 17.8 Å².